The van der Waals surface area contributed by atoms with Gasteiger partial charge in [-0.2, -0.15) is 0 Å². The average molecular weight is 238 g/mol. The first kappa shape index (κ1) is 10.9. The SMILES string of the molecule is CCOc1cccc(-c2cnc(N)s2)c1F. The van der Waals surface area contributed by atoms with Crippen LogP contribution in [0.4, 0.5) is 9.52 Å². The fourth-order valence-corrected chi connectivity index (χ4v) is 2.08. The summed E-state index contributed by atoms with van der Waals surface area (Å²) in [5.41, 5.74) is 5.99. The van der Waals surface area contributed by atoms with Crippen LogP contribution in [0, 0.1) is 5.82 Å². The van der Waals surface area contributed by atoms with Crippen molar-refractivity contribution in [3.63, 3.8) is 0 Å². The number of thiazole rings is 1. The number of rotatable bonds is 3. The van der Waals surface area contributed by atoms with Crippen LogP contribution < -0.4 is 10.5 Å². The fourth-order valence-electron chi connectivity index (χ4n) is 1.38. The quantitative estimate of drug-likeness (QED) is 0.894. The summed E-state index contributed by atoms with van der Waals surface area (Å²) in [6.45, 7) is 2.25. The van der Waals surface area contributed by atoms with E-state index in [1.165, 1.54) is 11.3 Å². The van der Waals surface area contributed by atoms with Gasteiger partial charge in [0.25, 0.3) is 0 Å². The Kier molecular flexibility index (Phi) is 3.05. The lowest BCUT2D eigenvalue weighted by Crippen LogP contribution is -1.95. The van der Waals surface area contributed by atoms with Gasteiger partial charge in [-0.15, -0.1) is 0 Å². The first-order valence-corrected chi connectivity index (χ1v) is 5.67. The fraction of sp³-hybridized carbons (Fsp3) is 0.182. The zero-order valence-corrected chi connectivity index (χ0v) is 9.55. The third-order valence-corrected chi connectivity index (χ3v) is 2.91. The van der Waals surface area contributed by atoms with Gasteiger partial charge in [0.2, 0.25) is 0 Å². The lowest BCUT2D eigenvalue weighted by atomic mass is 10.2. The second-order valence-corrected chi connectivity index (χ2v) is 4.18. The Morgan fingerprint density at radius 3 is 2.94 bits per heavy atom. The van der Waals surface area contributed by atoms with Gasteiger partial charge in [-0.05, 0) is 13.0 Å². The summed E-state index contributed by atoms with van der Waals surface area (Å²) in [6.07, 6.45) is 1.56. The zero-order valence-electron chi connectivity index (χ0n) is 8.74. The van der Waals surface area contributed by atoms with Crippen molar-refractivity contribution in [2.45, 2.75) is 6.92 Å². The minimum absolute atomic E-state index is 0.256. The summed E-state index contributed by atoms with van der Waals surface area (Å²) >= 11 is 1.25. The molecule has 0 atom stereocenters. The molecule has 2 N–H and O–H groups in total. The van der Waals surface area contributed by atoms with Gasteiger partial charge >= 0.3 is 0 Å². The van der Waals surface area contributed by atoms with Crippen molar-refractivity contribution in [1.82, 2.24) is 4.98 Å². The van der Waals surface area contributed by atoms with Crippen molar-refractivity contribution in [2.75, 3.05) is 12.3 Å². The van der Waals surface area contributed by atoms with Gasteiger partial charge in [-0.1, -0.05) is 23.5 Å². The van der Waals surface area contributed by atoms with Crippen LogP contribution in [0.15, 0.2) is 24.4 Å². The Morgan fingerprint density at radius 2 is 2.31 bits per heavy atom. The average Bonchev–Trinajstić information content (AvgIpc) is 2.68. The molecule has 0 bridgehead atoms. The number of nitrogens with two attached hydrogens (primary N) is 1. The molecule has 1 aromatic carbocycles. The third-order valence-electron chi connectivity index (χ3n) is 2.05. The molecule has 0 amide bonds. The van der Waals surface area contributed by atoms with E-state index in [-0.39, 0.29) is 11.6 Å². The molecule has 1 aromatic heterocycles. The summed E-state index contributed by atoms with van der Waals surface area (Å²) in [6, 6.07) is 5.04. The van der Waals surface area contributed by atoms with E-state index >= 15 is 0 Å². The Hall–Kier alpha value is -1.62. The van der Waals surface area contributed by atoms with Gasteiger partial charge in [-0.25, -0.2) is 9.37 Å². The summed E-state index contributed by atoms with van der Waals surface area (Å²) in [4.78, 5) is 4.60. The van der Waals surface area contributed by atoms with E-state index in [0.717, 1.165) is 0 Å². The van der Waals surface area contributed by atoms with Crippen LogP contribution in [0.25, 0.3) is 10.4 Å². The van der Waals surface area contributed by atoms with E-state index in [1.54, 1.807) is 24.4 Å². The number of aromatic nitrogens is 1. The Balaban J connectivity index is 2.45. The number of halogens is 1. The smallest absolute Gasteiger partial charge is 0.180 e. The lowest BCUT2D eigenvalue weighted by Gasteiger charge is -2.06. The molecule has 84 valence electrons. The molecule has 0 fully saturated rings. The molecule has 2 rings (SSSR count). The highest BCUT2D eigenvalue weighted by Crippen LogP contribution is 2.33. The van der Waals surface area contributed by atoms with Crippen LogP contribution in [0.1, 0.15) is 6.92 Å². The number of nitrogens with zero attached hydrogens (tertiary/aromatic N) is 1. The van der Waals surface area contributed by atoms with Gasteiger partial charge in [-0.3, -0.25) is 0 Å². The molecule has 0 aliphatic carbocycles. The highest BCUT2D eigenvalue weighted by atomic mass is 32.1. The second kappa shape index (κ2) is 4.49. The monoisotopic (exact) mass is 238 g/mol. The molecule has 16 heavy (non-hydrogen) atoms. The topological polar surface area (TPSA) is 48.1 Å². The molecule has 0 unspecified atom stereocenters. The minimum Gasteiger partial charge on any atom is -0.491 e. The normalized spacial score (nSPS) is 10.4. The predicted octanol–water partition coefficient (Wildman–Crippen LogP) is 2.93. The Bertz CT molecular complexity index is 498. The third kappa shape index (κ3) is 1.99. The van der Waals surface area contributed by atoms with Gasteiger partial charge in [0, 0.05) is 11.8 Å². The van der Waals surface area contributed by atoms with E-state index in [2.05, 4.69) is 4.98 Å². The lowest BCUT2D eigenvalue weighted by molar-refractivity contribution is 0.322. The largest absolute Gasteiger partial charge is 0.491 e. The second-order valence-electron chi connectivity index (χ2n) is 3.11. The van der Waals surface area contributed by atoms with Crippen LogP contribution in [0.5, 0.6) is 5.75 Å². The Morgan fingerprint density at radius 1 is 1.50 bits per heavy atom. The molecule has 0 spiro atoms. The number of benzene rings is 1. The predicted molar refractivity (Wildman–Crippen MR) is 63.1 cm³/mol. The molecular weight excluding hydrogens is 227 g/mol. The van der Waals surface area contributed by atoms with E-state index in [9.17, 15) is 4.39 Å². The highest BCUT2D eigenvalue weighted by molar-refractivity contribution is 7.18. The van der Waals surface area contributed by atoms with Crippen molar-refractivity contribution >= 4 is 16.5 Å². The summed E-state index contributed by atoms with van der Waals surface area (Å²) in [5.74, 6) is -0.111. The molecule has 0 saturated heterocycles. The van der Waals surface area contributed by atoms with Crippen molar-refractivity contribution in [1.29, 1.82) is 0 Å². The maximum absolute atomic E-state index is 14.0. The molecule has 0 saturated carbocycles. The summed E-state index contributed by atoms with van der Waals surface area (Å²) < 4.78 is 19.2. The van der Waals surface area contributed by atoms with Crippen LogP contribution in [0.3, 0.4) is 0 Å². The maximum Gasteiger partial charge on any atom is 0.180 e. The van der Waals surface area contributed by atoms with Crippen molar-refractivity contribution in [3.8, 4) is 16.2 Å². The Labute approximate surface area is 96.7 Å². The molecule has 0 aliphatic heterocycles. The first-order chi connectivity index (χ1) is 7.72. The molecular formula is C11H11FN2OS. The van der Waals surface area contributed by atoms with E-state index < -0.39 is 0 Å². The molecule has 1 heterocycles. The van der Waals surface area contributed by atoms with Crippen molar-refractivity contribution in [3.05, 3.63) is 30.2 Å². The molecule has 2 aromatic rings. The van der Waals surface area contributed by atoms with Crippen LogP contribution >= 0.6 is 11.3 Å². The van der Waals surface area contributed by atoms with Crippen LogP contribution in [0.2, 0.25) is 0 Å². The van der Waals surface area contributed by atoms with Gasteiger partial charge in [0.05, 0.1) is 11.5 Å². The summed E-state index contributed by atoms with van der Waals surface area (Å²) in [7, 11) is 0. The minimum atomic E-state index is -0.368. The van der Waals surface area contributed by atoms with E-state index in [4.69, 9.17) is 10.5 Å². The molecule has 0 radical (unpaired) electrons. The van der Waals surface area contributed by atoms with Crippen molar-refractivity contribution in [2.24, 2.45) is 0 Å². The first-order valence-electron chi connectivity index (χ1n) is 4.85. The van der Waals surface area contributed by atoms with Crippen LogP contribution in [-0.2, 0) is 0 Å². The number of hydrogen-bond acceptors (Lipinski definition) is 4. The van der Waals surface area contributed by atoms with Gasteiger partial charge < -0.3 is 10.5 Å². The van der Waals surface area contributed by atoms with E-state index in [1.807, 2.05) is 6.92 Å². The number of nitrogen functional groups attached to an aromatic ring is 1. The highest BCUT2D eigenvalue weighted by Gasteiger charge is 2.12. The van der Waals surface area contributed by atoms with E-state index in [0.29, 0.717) is 22.2 Å². The van der Waals surface area contributed by atoms with Crippen molar-refractivity contribution < 1.29 is 9.13 Å². The zero-order chi connectivity index (χ0) is 11.5. The molecule has 3 nitrogen and oxygen atoms in total. The van der Waals surface area contributed by atoms with Gasteiger partial charge in [0.15, 0.2) is 16.7 Å². The maximum atomic E-state index is 14.0. The number of hydrogen-bond donors (Lipinski definition) is 1. The van der Waals surface area contributed by atoms with Crippen LogP contribution in [-0.4, -0.2) is 11.6 Å². The number of ether oxygens (including phenoxy) is 1. The summed E-state index contributed by atoms with van der Waals surface area (Å²) in [5, 5.41) is 0.427. The van der Waals surface area contributed by atoms with Gasteiger partial charge in [0.1, 0.15) is 0 Å². The standard InChI is InChI=1S/C11H11FN2OS/c1-2-15-8-5-3-4-7(10(8)12)9-6-14-11(13)16-9/h3-6H,2H2,1H3,(H2,13,14). The molecule has 5 heteroatoms. The number of anilines is 1. The molecule has 0 aliphatic rings.